The van der Waals surface area contributed by atoms with E-state index in [2.05, 4.69) is 4.98 Å². The average Bonchev–Trinajstić information content (AvgIpc) is 2.24. The minimum atomic E-state index is -4.40. The van der Waals surface area contributed by atoms with Gasteiger partial charge in [-0.05, 0) is 31.2 Å². The largest absolute Gasteiger partial charge is 0.417 e. The molecule has 0 unspecified atom stereocenters. The minimum Gasteiger partial charge on any atom is -0.330 e. The van der Waals surface area contributed by atoms with E-state index >= 15 is 0 Å². The van der Waals surface area contributed by atoms with Crippen LogP contribution < -0.4 is 5.73 Å². The van der Waals surface area contributed by atoms with Crippen LogP contribution in [-0.2, 0) is 6.18 Å². The Hall–Kier alpha value is -0.460. The van der Waals surface area contributed by atoms with Crippen LogP contribution in [0.3, 0.4) is 0 Å². The molecule has 96 valence electrons. The molecule has 0 aliphatic heterocycles. The second-order valence-corrected chi connectivity index (χ2v) is 4.84. The van der Waals surface area contributed by atoms with Gasteiger partial charge in [-0.2, -0.15) is 13.2 Å². The summed E-state index contributed by atoms with van der Waals surface area (Å²) < 4.78 is 37.0. The zero-order chi connectivity index (χ0) is 12.9. The van der Waals surface area contributed by atoms with Crippen LogP contribution in [0, 0.1) is 0 Å². The van der Waals surface area contributed by atoms with E-state index in [1.54, 1.807) is 0 Å². The van der Waals surface area contributed by atoms with Gasteiger partial charge in [0.1, 0.15) is 5.03 Å². The van der Waals surface area contributed by atoms with E-state index in [9.17, 15) is 13.2 Å². The Balaban J connectivity index is 2.64. The number of pyridine rings is 1. The highest BCUT2D eigenvalue weighted by molar-refractivity contribution is 7.99. The first-order valence-electron chi connectivity index (χ1n) is 5.00. The monoisotopic (exact) mass is 284 g/mol. The van der Waals surface area contributed by atoms with Gasteiger partial charge in [0.15, 0.2) is 0 Å². The number of halogens is 4. The van der Waals surface area contributed by atoms with Crippen LogP contribution in [0.4, 0.5) is 13.2 Å². The molecule has 17 heavy (non-hydrogen) atoms. The van der Waals surface area contributed by atoms with E-state index in [4.69, 9.17) is 17.3 Å². The highest BCUT2D eigenvalue weighted by Crippen LogP contribution is 2.33. The van der Waals surface area contributed by atoms with Gasteiger partial charge in [0.05, 0.1) is 10.6 Å². The van der Waals surface area contributed by atoms with Crippen LogP contribution in [0.15, 0.2) is 17.3 Å². The molecule has 0 aliphatic carbocycles. The van der Waals surface area contributed by atoms with Crippen molar-refractivity contribution < 1.29 is 13.2 Å². The maximum absolute atomic E-state index is 12.3. The summed E-state index contributed by atoms with van der Waals surface area (Å²) >= 11 is 7.08. The third-order valence-electron chi connectivity index (χ3n) is 1.97. The van der Waals surface area contributed by atoms with Crippen molar-refractivity contribution in [3.63, 3.8) is 0 Å². The first-order chi connectivity index (χ1) is 7.95. The predicted molar refractivity (Wildman–Crippen MR) is 63.3 cm³/mol. The summed E-state index contributed by atoms with van der Waals surface area (Å²) in [6.45, 7) is 0.606. The van der Waals surface area contributed by atoms with Gasteiger partial charge in [0.25, 0.3) is 0 Å². The summed E-state index contributed by atoms with van der Waals surface area (Å²) in [6.07, 6.45) is -1.83. The van der Waals surface area contributed by atoms with Crippen LogP contribution >= 0.6 is 23.4 Å². The van der Waals surface area contributed by atoms with Gasteiger partial charge in [-0.3, -0.25) is 0 Å². The summed E-state index contributed by atoms with van der Waals surface area (Å²) in [7, 11) is 0. The molecule has 1 aromatic rings. The molecular weight excluding hydrogens is 273 g/mol. The van der Waals surface area contributed by atoms with Crippen LogP contribution in [0.1, 0.15) is 18.4 Å². The van der Waals surface area contributed by atoms with Crippen LogP contribution in [0.5, 0.6) is 0 Å². The molecule has 0 amide bonds. The Kier molecular flexibility index (Phi) is 5.55. The van der Waals surface area contributed by atoms with E-state index in [-0.39, 0.29) is 5.02 Å². The van der Waals surface area contributed by atoms with Crippen molar-refractivity contribution in [2.75, 3.05) is 12.3 Å². The Morgan fingerprint density at radius 2 is 2.06 bits per heavy atom. The smallest absolute Gasteiger partial charge is 0.330 e. The molecule has 0 saturated heterocycles. The van der Waals surface area contributed by atoms with Crippen molar-refractivity contribution in [3.05, 3.63) is 22.8 Å². The lowest BCUT2D eigenvalue weighted by atomic mass is 10.3. The normalized spacial score (nSPS) is 11.8. The molecule has 1 heterocycles. The Morgan fingerprint density at radius 1 is 1.35 bits per heavy atom. The fourth-order valence-corrected chi connectivity index (χ4v) is 2.30. The summed E-state index contributed by atoms with van der Waals surface area (Å²) in [5.74, 6) is 0.745. The fraction of sp³-hybridized carbons (Fsp3) is 0.500. The molecule has 0 atom stereocenters. The van der Waals surface area contributed by atoms with E-state index < -0.39 is 11.7 Å². The summed E-state index contributed by atoms with van der Waals surface area (Å²) in [5.41, 5.74) is 4.50. The Labute approximate surface area is 107 Å². The zero-order valence-electron chi connectivity index (χ0n) is 8.93. The minimum absolute atomic E-state index is 0.0394. The van der Waals surface area contributed by atoms with Crippen LogP contribution in [-0.4, -0.2) is 17.3 Å². The summed E-state index contributed by atoms with van der Waals surface area (Å²) in [4.78, 5) is 3.72. The first-order valence-corrected chi connectivity index (χ1v) is 6.37. The van der Waals surface area contributed by atoms with Crippen LogP contribution in [0.2, 0.25) is 5.02 Å². The summed E-state index contributed by atoms with van der Waals surface area (Å²) in [5, 5.41) is 0.467. The van der Waals surface area contributed by atoms with Crippen molar-refractivity contribution >= 4 is 23.4 Å². The van der Waals surface area contributed by atoms with Crippen molar-refractivity contribution in [3.8, 4) is 0 Å². The molecule has 0 aliphatic rings. The predicted octanol–water partition coefficient (Wildman–Crippen LogP) is 3.58. The van der Waals surface area contributed by atoms with E-state index in [1.807, 2.05) is 0 Å². The number of hydrogen-bond acceptors (Lipinski definition) is 3. The Bertz CT molecular complexity index is 371. The molecule has 2 N–H and O–H groups in total. The van der Waals surface area contributed by atoms with Crippen molar-refractivity contribution in [2.45, 2.75) is 24.0 Å². The lowest BCUT2D eigenvalue weighted by Gasteiger charge is -2.08. The van der Waals surface area contributed by atoms with E-state index in [0.717, 1.165) is 30.9 Å². The molecule has 2 nitrogen and oxygen atoms in total. The first kappa shape index (κ1) is 14.6. The SMILES string of the molecule is NCCCCSc1ncc(C(F)(F)F)cc1Cl. The van der Waals surface area contributed by atoms with Gasteiger partial charge in [0, 0.05) is 6.20 Å². The van der Waals surface area contributed by atoms with Crippen molar-refractivity contribution in [1.82, 2.24) is 4.98 Å². The molecule has 0 aromatic carbocycles. The lowest BCUT2D eigenvalue weighted by molar-refractivity contribution is -0.137. The van der Waals surface area contributed by atoms with Gasteiger partial charge in [0.2, 0.25) is 0 Å². The van der Waals surface area contributed by atoms with Gasteiger partial charge < -0.3 is 5.73 Å². The zero-order valence-corrected chi connectivity index (χ0v) is 10.5. The maximum atomic E-state index is 12.3. The molecule has 0 bridgehead atoms. The number of nitrogens with two attached hydrogens (primary N) is 1. The molecule has 0 saturated carbocycles. The van der Waals surface area contributed by atoms with E-state index in [0.29, 0.717) is 11.6 Å². The number of hydrogen-bond donors (Lipinski definition) is 1. The second-order valence-electron chi connectivity index (χ2n) is 3.35. The number of thioether (sulfide) groups is 1. The van der Waals surface area contributed by atoms with Gasteiger partial charge in [-0.15, -0.1) is 11.8 Å². The Morgan fingerprint density at radius 3 is 2.59 bits per heavy atom. The van der Waals surface area contributed by atoms with Crippen molar-refractivity contribution in [1.29, 1.82) is 0 Å². The number of aromatic nitrogens is 1. The average molecular weight is 285 g/mol. The highest BCUT2D eigenvalue weighted by atomic mass is 35.5. The number of unbranched alkanes of at least 4 members (excludes halogenated alkanes) is 1. The topological polar surface area (TPSA) is 38.9 Å². The molecule has 1 aromatic heterocycles. The van der Waals surface area contributed by atoms with Crippen molar-refractivity contribution in [2.24, 2.45) is 5.73 Å². The molecule has 0 fully saturated rings. The highest BCUT2D eigenvalue weighted by Gasteiger charge is 2.31. The quantitative estimate of drug-likeness (QED) is 0.663. The third-order valence-corrected chi connectivity index (χ3v) is 3.46. The number of alkyl halides is 3. The third kappa shape index (κ3) is 4.73. The molecule has 7 heteroatoms. The number of nitrogens with zero attached hydrogens (tertiary/aromatic N) is 1. The van der Waals surface area contributed by atoms with Gasteiger partial charge in [-0.1, -0.05) is 11.6 Å². The van der Waals surface area contributed by atoms with Crippen LogP contribution in [0.25, 0.3) is 0 Å². The number of rotatable bonds is 5. The van der Waals surface area contributed by atoms with E-state index in [1.165, 1.54) is 11.8 Å². The van der Waals surface area contributed by atoms with Gasteiger partial charge >= 0.3 is 6.18 Å². The molecule has 1 rings (SSSR count). The second kappa shape index (κ2) is 6.47. The molecular formula is C10H12ClF3N2S. The standard InChI is InChI=1S/C10H12ClF3N2S/c11-8-5-7(10(12,13)14)6-16-9(8)17-4-2-1-3-15/h5-6H,1-4,15H2. The molecule has 0 spiro atoms. The molecule has 0 radical (unpaired) electrons. The maximum Gasteiger partial charge on any atom is 0.417 e. The fourth-order valence-electron chi connectivity index (χ4n) is 1.10. The summed E-state index contributed by atoms with van der Waals surface area (Å²) in [6, 6.07) is 0.903. The van der Waals surface area contributed by atoms with Gasteiger partial charge in [-0.25, -0.2) is 4.98 Å². The lowest BCUT2D eigenvalue weighted by Crippen LogP contribution is -2.05.